The number of halogens is 1. The number of esters is 2. The van der Waals surface area contributed by atoms with Crippen molar-refractivity contribution in [2.45, 2.75) is 53.2 Å². The standard InChI is InChI=1S/C37H39ClN2O8/c1-6-8-13-40-35(29-18-30(38)23(3)14-32(29)46-21-24-11-9-10-12-28(24)37(42)44-5)27(20-39-40)16-26(36(41)45-7-2)15-25-17-33-34(48-22-47-33)19-31(25)43-4/h9-12,14,16-20H,6-8,13,15,21-22H2,1-5H3/b26-16+. The van der Waals surface area contributed by atoms with Gasteiger partial charge in [0.1, 0.15) is 18.1 Å². The van der Waals surface area contributed by atoms with Crippen molar-refractivity contribution in [3.05, 3.63) is 93.1 Å². The predicted molar refractivity (Wildman–Crippen MR) is 182 cm³/mol. The van der Waals surface area contributed by atoms with Crippen molar-refractivity contribution >= 4 is 29.6 Å². The summed E-state index contributed by atoms with van der Waals surface area (Å²) in [4.78, 5) is 25.9. The number of ether oxygens (including phenoxy) is 6. The van der Waals surface area contributed by atoms with Gasteiger partial charge in [-0.2, -0.15) is 5.10 Å². The van der Waals surface area contributed by atoms with Crippen LogP contribution in [0, 0.1) is 6.92 Å². The average Bonchev–Trinajstić information content (AvgIpc) is 3.72. The lowest BCUT2D eigenvalue weighted by atomic mass is 9.99. The summed E-state index contributed by atoms with van der Waals surface area (Å²) in [5.41, 5.74) is 5.10. The summed E-state index contributed by atoms with van der Waals surface area (Å²) in [7, 11) is 2.91. The molecule has 1 aromatic heterocycles. The minimum Gasteiger partial charge on any atom is -0.496 e. The maximum Gasteiger partial charge on any atom is 0.338 e. The van der Waals surface area contributed by atoms with Crippen LogP contribution in [0.3, 0.4) is 0 Å². The third-order valence-electron chi connectivity index (χ3n) is 7.94. The van der Waals surface area contributed by atoms with E-state index in [4.69, 9.17) is 45.1 Å². The van der Waals surface area contributed by atoms with E-state index in [0.717, 1.165) is 29.7 Å². The van der Waals surface area contributed by atoms with E-state index in [0.29, 0.717) is 62.4 Å². The first-order chi connectivity index (χ1) is 23.3. The van der Waals surface area contributed by atoms with Gasteiger partial charge in [0.05, 0.1) is 38.3 Å². The highest BCUT2D eigenvalue weighted by atomic mass is 35.5. The van der Waals surface area contributed by atoms with Crippen LogP contribution in [0.15, 0.2) is 60.3 Å². The molecule has 0 spiro atoms. The Morgan fingerprint density at radius 2 is 1.79 bits per heavy atom. The minimum absolute atomic E-state index is 0.103. The van der Waals surface area contributed by atoms with Crippen LogP contribution in [0.1, 0.15) is 59.3 Å². The summed E-state index contributed by atoms with van der Waals surface area (Å²) in [6.07, 6.45) is 5.53. The van der Waals surface area contributed by atoms with E-state index in [1.807, 2.05) is 41.9 Å². The zero-order valence-electron chi connectivity index (χ0n) is 27.8. The molecule has 11 heteroatoms. The van der Waals surface area contributed by atoms with E-state index in [1.54, 1.807) is 44.5 Å². The van der Waals surface area contributed by atoms with Crippen molar-refractivity contribution in [2.24, 2.45) is 0 Å². The highest BCUT2D eigenvalue weighted by Crippen LogP contribution is 2.41. The Morgan fingerprint density at radius 1 is 1.02 bits per heavy atom. The summed E-state index contributed by atoms with van der Waals surface area (Å²) in [5, 5.41) is 5.28. The molecule has 48 heavy (non-hydrogen) atoms. The highest BCUT2D eigenvalue weighted by molar-refractivity contribution is 6.31. The Balaban J connectivity index is 1.61. The van der Waals surface area contributed by atoms with Gasteiger partial charge in [0.2, 0.25) is 6.79 Å². The fourth-order valence-electron chi connectivity index (χ4n) is 5.44. The van der Waals surface area contributed by atoms with Gasteiger partial charge in [-0.05, 0) is 56.2 Å². The molecule has 10 nitrogen and oxygen atoms in total. The first-order valence-corrected chi connectivity index (χ1v) is 16.1. The maximum absolute atomic E-state index is 13.5. The van der Waals surface area contributed by atoms with Crippen LogP contribution in [-0.2, 0) is 33.8 Å². The van der Waals surface area contributed by atoms with Crippen LogP contribution in [0.25, 0.3) is 17.3 Å². The van der Waals surface area contributed by atoms with Gasteiger partial charge in [-0.3, -0.25) is 4.68 Å². The van der Waals surface area contributed by atoms with Crippen LogP contribution in [-0.4, -0.2) is 49.3 Å². The molecule has 252 valence electrons. The molecule has 0 N–H and O–H groups in total. The van der Waals surface area contributed by atoms with Gasteiger partial charge in [-0.25, -0.2) is 9.59 Å². The number of hydrogen-bond donors (Lipinski definition) is 0. The van der Waals surface area contributed by atoms with Gasteiger partial charge in [0.25, 0.3) is 0 Å². The summed E-state index contributed by atoms with van der Waals surface area (Å²) in [6, 6.07) is 14.4. The van der Waals surface area contributed by atoms with Crippen molar-refractivity contribution in [2.75, 3.05) is 27.6 Å². The number of benzene rings is 3. The normalized spacial score (nSPS) is 12.2. The van der Waals surface area contributed by atoms with E-state index in [2.05, 4.69) is 6.92 Å². The summed E-state index contributed by atoms with van der Waals surface area (Å²) >= 11 is 6.73. The number of carbonyl (C=O) groups excluding carboxylic acids is 2. The Bertz CT molecular complexity index is 1830. The molecule has 0 unspecified atom stereocenters. The quantitative estimate of drug-likeness (QED) is 0.0987. The Kier molecular flexibility index (Phi) is 11.3. The van der Waals surface area contributed by atoms with Crippen molar-refractivity contribution in [1.82, 2.24) is 9.78 Å². The lowest BCUT2D eigenvalue weighted by Crippen LogP contribution is -2.11. The zero-order chi connectivity index (χ0) is 34.2. The number of rotatable bonds is 14. The fourth-order valence-corrected chi connectivity index (χ4v) is 5.60. The molecule has 1 aliphatic heterocycles. The topological polar surface area (TPSA) is 107 Å². The molecule has 3 aromatic carbocycles. The summed E-state index contributed by atoms with van der Waals surface area (Å²) < 4.78 is 35.6. The molecule has 5 rings (SSSR count). The second kappa shape index (κ2) is 15.8. The number of hydrogen-bond acceptors (Lipinski definition) is 9. The molecule has 0 amide bonds. The van der Waals surface area contributed by atoms with Crippen molar-refractivity contribution < 1.29 is 38.0 Å². The first kappa shape index (κ1) is 34.4. The molecule has 0 radical (unpaired) electrons. The van der Waals surface area contributed by atoms with Crippen molar-refractivity contribution in [3.8, 4) is 34.3 Å². The third-order valence-corrected chi connectivity index (χ3v) is 8.34. The number of nitrogens with zero attached hydrogens (tertiary/aromatic N) is 2. The fraction of sp³-hybridized carbons (Fsp3) is 0.324. The van der Waals surface area contributed by atoms with Gasteiger partial charge in [0, 0.05) is 51.9 Å². The second-order valence-corrected chi connectivity index (χ2v) is 11.6. The molecule has 0 saturated carbocycles. The minimum atomic E-state index is -0.470. The molecule has 0 saturated heterocycles. The van der Waals surface area contributed by atoms with E-state index in [1.165, 1.54) is 7.11 Å². The van der Waals surface area contributed by atoms with Crippen LogP contribution < -0.4 is 18.9 Å². The largest absolute Gasteiger partial charge is 0.496 e. The molecule has 0 atom stereocenters. The average molecular weight is 675 g/mol. The van der Waals surface area contributed by atoms with Crippen LogP contribution in [0.5, 0.6) is 23.0 Å². The first-order valence-electron chi connectivity index (χ1n) is 15.8. The number of unbranched alkanes of at least 4 members (excludes halogenated alkanes) is 1. The maximum atomic E-state index is 13.5. The van der Waals surface area contributed by atoms with E-state index in [9.17, 15) is 9.59 Å². The van der Waals surface area contributed by atoms with Crippen LogP contribution >= 0.6 is 11.6 Å². The number of methoxy groups -OCH3 is 2. The number of fused-ring (bicyclic) bond motifs is 1. The second-order valence-electron chi connectivity index (χ2n) is 11.1. The molecule has 2 heterocycles. The molecule has 1 aliphatic rings. The molecule has 0 aliphatic carbocycles. The summed E-state index contributed by atoms with van der Waals surface area (Å²) in [5.74, 6) is 1.34. The van der Waals surface area contributed by atoms with Gasteiger partial charge in [-0.1, -0.05) is 43.1 Å². The van der Waals surface area contributed by atoms with Gasteiger partial charge in [-0.15, -0.1) is 0 Å². The number of aryl methyl sites for hydroxylation is 2. The van der Waals surface area contributed by atoms with E-state index < -0.39 is 11.9 Å². The smallest absolute Gasteiger partial charge is 0.338 e. The molecule has 0 bridgehead atoms. The van der Waals surface area contributed by atoms with Gasteiger partial charge >= 0.3 is 11.9 Å². The van der Waals surface area contributed by atoms with Crippen LogP contribution in [0.4, 0.5) is 0 Å². The monoisotopic (exact) mass is 674 g/mol. The van der Waals surface area contributed by atoms with Crippen molar-refractivity contribution in [3.63, 3.8) is 0 Å². The molecule has 4 aromatic rings. The van der Waals surface area contributed by atoms with Gasteiger partial charge in [0.15, 0.2) is 11.5 Å². The van der Waals surface area contributed by atoms with Crippen LogP contribution in [0.2, 0.25) is 5.02 Å². The van der Waals surface area contributed by atoms with Crippen molar-refractivity contribution in [1.29, 1.82) is 0 Å². The molecule has 0 fully saturated rings. The SMILES string of the molecule is CCCCn1ncc(/C=C(\Cc2cc3c(cc2OC)OCO3)C(=O)OCC)c1-c1cc(Cl)c(C)cc1OCc1ccccc1C(=O)OC. The Hall–Kier alpha value is -4.96. The van der Waals surface area contributed by atoms with Gasteiger partial charge < -0.3 is 28.4 Å². The van der Waals surface area contributed by atoms with E-state index >= 15 is 0 Å². The summed E-state index contributed by atoms with van der Waals surface area (Å²) in [6.45, 7) is 6.81. The highest BCUT2D eigenvalue weighted by Gasteiger charge is 2.24. The lowest BCUT2D eigenvalue weighted by Gasteiger charge is -2.17. The molecular formula is C37H39ClN2O8. The number of aromatic nitrogens is 2. The zero-order valence-corrected chi connectivity index (χ0v) is 28.5. The predicted octanol–water partition coefficient (Wildman–Crippen LogP) is 7.60. The number of carbonyl (C=O) groups is 2. The Morgan fingerprint density at radius 3 is 2.52 bits per heavy atom. The third kappa shape index (κ3) is 7.60. The lowest BCUT2D eigenvalue weighted by molar-refractivity contribution is -0.138. The Labute approximate surface area is 285 Å². The molecular weight excluding hydrogens is 636 g/mol. The van der Waals surface area contributed by atoms with E-state index in [-0.39, 0.29) is 26.4 Å².